The van der Waals surface area contributed by atoms with Crippen molar-refractivity contribution in [1.82, 2.24) is 4.98 Å². The third-order valence-corrected chi connectivity index (χ3v) is 6.01. The number of anilines is 1. The third-order valence-electron chi connectivity index (χ3n) is 6.01. The van der Waals surface area contributed by atoms with Gasteiger partial charge in [0.2, 0.25) is 0 Å². The molecule has 1 aromatic heterocycles. The molecule has 3 heteroatoms. The predicted octanol–water partition coefficient (Wildman–Crippen LogP) is 3.70. The van der Waals surface area contributed by atoms with E-state index in [-0.39, 0.29) is 0 Å². The Morgan fingerprint density at radius 2 is 1.95 bits per heavy atom. The lowest BCUT2D eigenvalue weighted by Gasteiger charge is -2.13. The number of benzene rings is 1. The van der Waals surface area contributed by atoms with Crippen molar-refractivity contribution in [3.05, 3.63) is 30.5 Å². The van der Waals surface area contributed by atoms with Crippen LogP contribution >= 0.6 is 0 Å². The highest BCUT2D eigenvalue weighted by Crippen LogP contribution is 2.66. The summed E-state index contributed by atoms with van der Waals surface area (Å²) in [7, 11) is 1.72. The van der Waals surface area contributed by atoms with Crippen molar-refractivity contribution in [1.29, 1.82) is 0 Å². The van der Waals surface area contributed by atoms with Crippen molar-refractivity contribution in [2.45, 2.75) is 25.3 Å². The minimum atomic E-state index is 0.667. The second-order valence-corrected chi connectivity index (χ2v) is 6.90. The Labute approximate surface area is 124 Å². The summed E-state index contributed by atoms with van der Waals surface area (Å²) in [5.74, 6) is 5.75. The molecule has 0 radical (unpaired) electrons. The Kier molecular flexibility index (Phi) is 2.33. The molecule has 3 saturated carbocycles. The summed E-state index contributed by atoms with van der Waals surface area (Å²) in [5.41, 5.74) is 0. The maximum absolute atomic E-state index is 5.36. The maximum atomic E-state index is 5.36. The van der Waals surface area contributed by atoms with Gasteiger partial charge in [-0.15, -0.1) is 0 Å². The number of pyridine rings is 1. The number of methoxy groups -OCH3 is 1. The molecule has 3 fully saturated rings. The SMILES string of the molecule is COc1ccc2ccnc(NC3C4C5CCC(C5)C34)c2c1. The van der Waals surface area contributed by atoms with E-state index in [1.807, 2.05) is 12.3 Å². The Morgan fingerprint density at radius 1 is 1.14 bits per heavy atom. The fourth-order valence-corrected chi connectivity index (χ4v) is 5.07. The number of rotatable bonds is 3. The van der Waals surface area contributed by atoms with Gasteiger partial charge in [-0.3, -0.25) is 0 Å². The van der Waals surface area contributed by atoms with Crippen LogP contribution in [0.5, 0.6) is 5.75 Å². The molecule has 1 heterocycles. The molecular weight excluding hydrogens is 260 g/mol. The largest absolute Gasteiger partial charge is 0.497 e. The number of nitrogens with one attached hydrogen (secondary N) is 1. The zero-order valence-corrected chi connectivity index (χ0v) is 12.3. The monoisotopic (exact) mass is 280 g/mol. The van der Waals surface area contributed by atoms with Crippen LogP contribution in [0.1, 0.15) is 19.3 Å². The molecule has 21 heavy (non-hydrogen) atoms. The number of aromatic nitrogens is 1. The summed E-state index contributed by atoms with van der Waals surface area (Å²) in [6, 6.07) is 8.95. The predicted molar refractivity (Wildman–Crippen MR) is 83.5 cm³/mol. The molecule has 108 valence electrons. The van der Waals surface area contributed by atoms with Gasteiger partial charge in [-0.2, -0.15) is 0 Å². The molecule has 0 saturated heterocycles. The highest BCUT2D eigenvalue weighted by molar-refractivity contribution is 5.93. The van der Waals surface area contributed by atoms with Gasteiger partial charge in [0.05, 0.1) is 7.11 Å². The van der Waals surface area contributed by atoms with Crippen molar-refractivity contribution in [2.75, 3.05) is 12.4 Å². The Hall–Kier alpha value is -1.77. The van der Waals surface area contributed by atoms with Crippen LogP contribution in [0.2, 0.25) is 0 Å². The lowest BCUT2D eigenvalue weighted by atomic mass is 10.0. The first kappa shape index (κ1) is 11.8. The van der Waals surface area contributed by atoms with E-state index in [0.717, 1.165) is 35.2 Å². The molecular formula is C18H20N2O. The summed E-state index contributed by atoms with van der Waals surface area (Å²) < 4.78 is 5.36. The lowest BCUT2D eigenvalue weighted by Crippen LogP contribution is -2.13. The normalized spacial score (nSPS) is 35.8. The van der Waals surface area contributed by atoms with E-state index in [4.69, 9.17) is 4.74 Å². The molecule has 3 aliphatic rings. The highest BCUT2D eigenvalue weighted by atomic mass is 16.5. The maximum Gasteiger partial charge on any atom is 0.134 e. The van der Waals surface area contributed by atoms with Gasteiger partial charge >= 0.3 is 0 Å². The van der Waals surface area contributed by atoms with Crippen LogP contribution < -0.4 is 10.1 Å². The summed E-state index contributed by atoms with van der Waals surface area (Å²) in [6.45, 7) is 0. The molecule has 1 N–H and O–H groups in total. The smallest absolute Gasteiger partial charge is 0.134 e. The van der Waals surface area contributed by atoms with Gasteiger partial charge in [0.25, 0.3) is 0 Å². The first-order chi connectivity index (χ1) is 10.3. The van der Waals surface area contributed by atoms with Gasteiger partial charge in [-0.25, -0.2) is 4.98 Å². The van der Waals surface area contributed by atoms with E-state index < -0.39 is 0 Å². The minimum Gasteiger partial charge on any atom is -0.497 e. The number of hydrogen-bond donors (Lipinski definition) is 1. The first-order valence-electron chi connectivity index (χ1n) is 8.04. The van der Waals surface area contributed by atoms with Crippen molar-refractivity contribution < 1.29 is 4.74 Å². The van der Waals surface area contributed by atoms with Crippen molar-refractivity contribution >= 4 is 16.6 Å². The second-order valence-electron chi connectivity index (χ2n) is 6.90. The van der Waals surface area contributed by atoms with E-state index in [1.54, 1.807) is 7.11 Å². The lowest BCUT2D eigenvalue weighted by molar-refractivity contribution is 0.415. The highest BCUT2D eigenvalue weighted by Gasteiger charge is 2.65. The van der Waals surface area contributed by atoms with Gasteiger partial charge in [0.1, 0.15) is 11.6 Å². The topological polar surface area (TPSA) is 34.1 Å². The number of hydrogen-bond acceptors (Lipinski definition) is 3. The minimum absolute atomic E-state index is 0.667. The van der Waals surface area contributed by atoms with Crippen molar-refractivity contribution in [3.63, 3.8) is 0 Å². The van der Waals surface area contributed by atoms with E-state index in [1.165, 1.54) is 30.0 Å². The molecule has 0 spiro atoms. The van der Waals surface area contributed by atoms with Gasteiger partial charge in [0.15, 0.2) is 0 Å². The van der Waals surface area contributed by atoms with E-state index in [9.17, 15) is 0 Å². The van der Waals surface area contributed by atoms with Gasteiger partial charge in [-0.05, 0) is 66.5 Å². The fraction of sp³-hybridized carbons (Fsp3) is 0.500. The fourth-order valence-electron chi connectivity index (χ4n) is 5.07. The van der Waals surface area contributed by atoms with Crippen LogP contribution in [0.3, 0.4) is 0 Å². The summed E-state index contributed by atoms with van der Waals surface area (Å²) in [4.78, 5) is 4.59. The molecule has 4 atom stereocenters. The zero-order chi connectivity index (χ0) is 14.0. The molecule has 4 unspecified atom stereocenters. The summed E-state index contributed by atoms with van der Waals surface area (Å²) >= 11 is 0. The van der Waals surface area contributed by atoms with Crippen molar-refractivity contribution in [3.8, 4) is 5.75 Å². The van der Waals surface area contributed by atoms with Crippen LogP contribution in [0.25, 0.3) is 10.8 Å². The molecule has 2 aromatic rings. The number of fused-ring (bicyclic) bond motifs is 6. The standard InChI is InChI=1S/C18H20N2O/c1-21-13-5-4-10-6-7-19-18(14(10)9-13)20-17-15-11-2-3-12(8-11)16(15)17/h4-7,9,11-12,15-17H,2-3,8H2,1H3,(H,19,20). The van der Waals surface area contributed by atoms with E-state index >= 15 is 0 Å². The van der Waals surface area contributed by atoms with E-state index in [0.29, 0.717) is 6.04 Å². The molecule has 2 bridgehead atoms. The Morgan fingerprint density at radius 3 is 2.71 bits per heavy atom. The molecule has 0 aliphatic heterocycles. The second kappa shape index (κ2) is 4.12. The molecule has 3 aliphatic carbocycles. The molecule has 1 aromatic carbocycles. The first-order valence-corrected chi connectivity index (χ1v) is 8.04. The van der Waals surface area contributed by atoms with E-state index in [2.05, 4.69) is 28.5 Å². The van der Waals surface area contributed by atoms with Crippen LogP contribution in [0.4, 0.5) is 5.82 Å². The third kappa shape index (κ3) is 1.63. The van der Waals surface area contributed by atoms with Crippen LogP contribution in [-0.2, 0) is 0 Å². The average molecular weight is 280 g/mol. The quantitative estimate of drug-likeness (QED) is 0.931. The van der Waals surface area contributed by atoms with Crippen LogP contribution in [0, 0.1) is 23.7 Å². The molecule has 5 rings (SSSR count). The van der Waals surface area contributed by atoms with Gasteiger partial charge < -0.3 is 10.1 Å². The zero-order valence-electron chi connectivity index (χ0n) is 12.3. The van der Waals surface area contributed by atoms with Gasteiger partial charge in [-0.1, -0.05) is 6.07 Å². The molecule has 3 nitrogen and oxygen atoms in total. The van der Waals surface area contributed by atoms with Crippen molar-refractivity contribution in [2.24, 2.45) is 23.7 Å². The number of nitrogens with zero attached hydrogens (tertiary/aromatic N) is 1. The summed E-state index contributed by atoms with van der Waals surface area (Å²) in [6.07, 6.45) is 6.32. The van der Waals surface area contributed by atoms with Crippen LogP contribution in [0.15, 0.2) is 30.5 Å². The van der Waals surface area contributed by atoms with Crippen LogP contribution in [-0.4, -0.2) is 18.1 Å². The Balaban J connectivity index is 1.48. The summed E-state index contributed by atoms with van der Waals surface area (Å²) in [5, 5.41) is 6.15. The molecule has 0 amide bonds. The average Bonchev–Trinajstić information content (AvgIpc) is 2.92. The number of ether oxygens (including phenoxy) is 1. The van der Waals surface area contributed by atoms with Gasteiger partial charge in [0, 0.05) is 17.6 Å². The Bertz CT molecular complexity index is 697.